The normalized spacial score (nSPS) is 13.0. The molecular formula is C16H19N3OS. The summed E-state index contributed by atoms with van der Waals surface area (Å²) in [6.07, 6.45) is 5.25. The van der Waals surface area contributed by atoms with Gasteiger partial charge in [-0.2, -0.15) is 0 Å². The summed E-state index contributed by atoms with van der Waals surface area (Å²) in [6.45, 7) is 2.84. The van der Waals surface area contributed by atoms with Gasteiger partial charge >= 0.3 is 0 Å². The van der Waals surface area contributed by atoms with Crippen LogP contribution in [0.4, 0.5) is 5.82 Å². The monoisotopic (exact) mass is 301 g/mol. The molecule has 0 saturated heterocycles. The van der Waals surface area contributed by atoms with E-state index in [9.17, 15) is 0 Å². The van der Waals surface area contributed by atoms with E-state index in [0.29, 0.717) is 5.75 Å². The molecular weight excluding hydrogens is 282 g/mol. The molecule has 0 aliphatic heterocycles. The van der Waals surface area contributed by atoms with Crippen LogP contribution in [-0.2, 0) is 12.8 Å². The summed E-state index contributed by atoms with van der Waals surface area (Å²) in [5.74, 6) is 1.46. The number of benzene rings is 1. The summed E-state index contributed by atoms with van der Waals surface area (Å²) in [5.41, 5.74) is 2.96. The lowest BCUT2D eigenvalue weighted by Gasteiger charge is -2.12. The van der Waals surface area contributed by atoms with Crippen molar-refractivity contribution in [1.82, 2.24) is 9.97 Å². The molecule has 110 valence electrons. The maximum Gasteiger partial charge on any atom is 0.194 e. The zero-order valence-electron chi connectivity index (χ0n) is 12.3. The van der Waals surface area contributed by atoms with Crippen LogP contribution in [0.25, 0.3) is 0 Å². The van der Waals surface area contributed by atoms with Gasteiger partial charge in [0.05, 0.1) is 7.11 Å². The molecule has 21 heavy (non-hydrogen) atoms. The van der Waals surface area contributed by atoms with E-state index in [-0.39, 0.29) is 0 Å². The molecule has 0 spiro atoms. The molecule has 1 aromatic carbocycles. The highest BCUT2D eigenvalue weighted by Gasteiger charge is 2.15. The van der Waals surface area contributed by atoms with E-state index in [0.717, 1.165) is 17.4 Å². The Morgan fingerprint density at radius 3 is 2.90 bits per heavy atom. The summed E-state index contributed by atoms with van der Waals surface area (Å²) in [6, 6.07) is 6.69. The molecule has 0 radical (unpaired) electrons. The molecule has 0 saturated carbocycles. The first-order chi connectivity index (χ1) is 10.3. The third kappa shape index (κ3) is 2.97. The molecule has 0 fully saturated rings. The number of methoxy groups -OCH3 is 1. The van der Waals surface area contributed by atoms with E-state index in [1.807, 2.05) is 6.92 Å². The van der Waals surface area contributed by atoms with Crippen LogP contribution in [0.2, 0.25) is 0 Å². The Labute approximate surface area is 129 Å². The molecule has 0 bridgehead atoms. The maximum absolute atomic E-state index is 5.49. The van der Waals surface area contributed by atoms with Gasteiger partial charge in [-0.05, 0) is 49.4 Å². The lowest BCUT2D eigenvalue weighted by molar-refractivity contribution is 0.400. The van der Waals surface area contributed by atoms with Crippen molar-refractivity contribution in [2.24, 2.45) is 0 Å². The first kappa shape index (κ1) is 14.2. The fourth-order valence-corrected chi connectivity index (χ4v) is 3.56. The first-order valence-electron chi connectivity index (χ1n) is 7.24. The number of aromatic nitrogens is 2. The second-order valence-corrected chi connectivity index (χ2v) is 6.04. The van der Waals surface area contributed by atoms with Crippen LogP contribution < -0.4 is 10.1 Å². The molecule has 1 aliphatic carbocycles. The molecule has 1 N–H and O–H groups in total. The topological polar surface area (TPSA) is 47.0 Å². The lowest BCUT2D eigenvalue weighted by atomic mass is 10.1. The SMILES string of the molecule is CCNc1ncnc(Sc2ccc3c(c2)CCC3)c1OC. The van der Waals surface area contributed by atoms with Crippen LogP contribution in [0.3, 0.4) is 0 Å². The predicted molar refractivity (Wildman–Crippen MR) is 85.3 cm³/mol. The molecule has 1 heterocycles. The number of hydrogen-bond acceptors (Lipinski definition) is 5. The molecule has 1 aliphatic rings. The Bertz CT molecular complexity index is 645. The van der Waals surface area contributed by atoms with Crippen LogP contribution >= 0.6 is 11.8 Å². The number of nitrogens with zero attached hydrogens (tertiary/aromatic N) is 2. The molecule has 5 heteroatoms. The fourth-order valence-electron chi connectivity index (χ4n) is 2.63. The van der Waals surface area contributed by atoms with Gasteiger partial charge in [0.2, 0.25) is 0 Å². The lowest BCUT2D eigenvalue weighted by Crippen LogP contribution is -2.03. The van der Waals surface area contributed by atoms with Gasteiger partial charge in [-0.15, -0.1) is 0 Å². The van der Waals surface area contributed by atoms with Gasteiger partial charge in [0, 0.05) is 11.4 Å². The minimum absolute atomic E-state index is 0.713. The van der Waals surface area contributed by atoms with Gasteiger partial charge in [0.25, 0.3) is 0 Å². The van der Waals surface area contributed by atoms with Crippen LogP contribution in [-0.4, -0.2) is 23.6 Å². The van der Waals surface area contributed by atoms with E-state index >= 15 is 0 Å². The highest BCUT2D eigenvalue weighted by atomic mass is 32.2. The standard InChI is InChI=1S/C16H19N3OS/c1-3-17-15-14(20-2)16(19-10-18-15)21-13-8-7-11-5-4-6-12(11)9-13/h7-10H,3-6H2,1-2H3,(H,17,18,19). The summed E-state index contributed by atoms with van der Waals surface area (Å²) in [5, 5.41) is 4.05. The average Bonchev–Trinajstić information content (AvgIpc) is 2.95. The van der Waals surface area contributed by atoms with Crippen molar-refractivity contribution in [2.45, 2.75) is 36.1 Å². The molecule has 4 nitrogen and oxygen atoms in total. The van der Waals surface area contributed by atoms with E-state index in [1.165, 1.54) is 35.3 Å². The largest absolute Gasteiger partial charge is 0.490 e. The van der Waals surface area contributed by atoms with E-state index in [1.54, 1.807) is 25.2 Å². The molecule has 3 rings (SSSR count). The highest BCUT2D eigenvalue weighted by Crippen LogP contribution is 2.38. The van der Waals surface area contributed by atoms with E-state index in [4.69, 9.17) is 4.74 Å². The second-order valence-electron chi connectivity index (χ2n) is 4.98. The Morgan fingerprint density at radius 1 is 1.24 bits per heavy atom. The van der Waals surface area contributed by atoms with Crippen molar-refractivity contribution in [1.29, 1.82) is 0 Å². The number of aryl methyl sites for hydroxylation is 2. The van der Waals surface area contributed by atoms with Crippen molar-refractivity contribution in [2.75, 3.05) is 19.0 Å². The third-order valence-corrected chi connectivity index (χ3v) is 4.58. The van der Waals surface area contributed by atoms with Crippen molar-refractivity contribution < 1.29 is 4.74 Å². The minimum atomic E-state index is 0.713. The number of ether oxygens (including phenoxy) is 1. The maximum atomic E-state index is 5.49. The van der Waals surface area contributed by atoms with E-state index in [2.05, 4.69) is 33.5 Å². The van der Waals surface area contributed by atoms with Crippen molar-refractivity contribution in [3.8, 4) is 5.75 Å². The quantitative estimate of drug-likeness (QED) is 0.856. The predicted octanol–water partition coefficient (Wildman–Crippen LogP) is 3.56. The molecule has 0 atom stereocenters. The smallest absolute Gasteiger partial charge is 0.194 e. The van der Waals surface area contributed by atoms with Crippen LogP contribution in [0.15, 0.2) is 34.4 Å². The molecule has 0 unspecified atom stereocenters. The number of hydrogen-bond donors (Lipinski definition) is 1. The fraction of sp³-hybridized carbons (Fsp3) is 0.375. The van der Waals surface area contributed by atoms with E-state index < -0.39 is 0 Å². The third-order valence-electron chi connectivity index (χ3n) is 3.60. The molecule has 2 aromatic rings. The minimum Gasteiger partial charge on any atom is -0.490 e. The van der Waals surface area contributed by atoms with Crippen LogP contribution in [0, 0.1) is 0 Å². The summed E-state index contributed by atoms with van der Waals surface area (Å²) < 4.78 is 5.49. The van der Waals surface area contributed by atoms with Gasteiger partial charge in [-0.3, -0.25) is 0 Å². The Balaban J connectivity index is 1.89. The number of anilines is 1. The summed E-state index contributed by atoms with van der Waals surface area (Å²) >= 11 is 1.63. The van der Waals surface area contributed by atoms with Gasteiger partial charge in [0.1, 0.15) is 11.4 Å². The Morgan fingerprint density at radius 2 is 2.10 bits per heavy atom. The van der Waals surface area contributed by atoms with Gasteiger partial charge in [-0.25, -0.2) is 9.97 Å². The average molecular weight is 301 g/mol. The number of fused-ring (bicyclic) bond motifs is 1. The zero-order valence-corrected chi connectivity index (χ0v) is 13.2. The number of nitrogens with one attached hydrogen (secondary N) is 1. The summed E-state index contributed by atoms with van der Waals surface area (Å²) in [4.78, 5) is 9.81. The number of rotatable bonds is 5. The van der Waals surface area contributed by atoms with Crippen molar-refractivity contribution in [3.63, 3.8) is 0 Å². The van der Waals surface area contributed by atoms with Crippen LogP contribution in [0.5, 0.6) is 5.75 Å². The van der Waals surface area contributed by atoms with Gasteiger partial charge in [0.15, 0.2) is 11.6 Å². The highest BCUT2D eigenvalue weighted by molar-refractivity contribution is 7.99. The molecule has 1 aromatic heterocycles. The van der Waals surface area contributed by atoms with Crippen molar-refractivity contribution in [3.05, 3.63) is 35.7 Å². The van der Waals surface area contributed by atoms with Crippen LogP contribution in [0.1, 0.15) is 24.5 Å². The Kier molecular flexibility index (Phi) is 4.29. The summed E-state index contributed by atoms with van der Waals surface area (Å²) in [7, 11) is 1.66. The van der Waals surface area contributed by atoms with Gasteiger partial charge in [-0.1, -0.05) is 17.8 Å². The zero-order chi connectivity index (χ0) is 14.7. The Hall–Kier alpha value is -1.75. The second kappa shape index (κ2) is 6.35. The van der Waals surface area contributed by atoms with Crippen molar-refractivity contribution >= 4 is 17.6 Å². The molecule has 0 amide bonds. The first-order valence-corrected chi connectivity index (χ1v) is 8.06. The van der Waals surface area contributed by atoms with Gasteiger partial charge < -0.3 is 10.1 Å².